The van der Waals surface area contributed by atoms with Crippen LogP contribution in [0.4, 0.5) is 0 Å². The van der Waals surface area contributed by atoms with Crippen LogP contribution in [0.3, 0.4) is 0 Å². The minimum Gasteiger partial charge on any atom is -0.389 e. The van der Waals surface area contributed by atoms with Crippen LogP contribution in [0.1, 0.15) is 28.4 Å². The molecular weight excluding hydrogens is 174 g/mol. The molecule has 1 aromatic rings. The van der Waals surface area contributed by atoms with Gasteiger partial charge in [0, 0.05) is 10.8 Å². The van der Waals surface area contributed by atoms with Gasteiger partial charge in [0.25, 0.3) is 0 Å². The summed E-state index contributed by atoms with van der Waals surface area (Å²) in [4.78, 5) is 15.5. The van der Waals surface area contributed by atoms with Gasteiger partial charge in [-0.15, -0.1) is 11.3 Å². The fourth-order valence-corrected chi connectivity index (χ4v) is 1.95. The molecule has 0 aliphatic rings. The second-order valence-corrected chi connectivity index (χ2v) is 3.76. The summed E-state index contributed by atoms with van der Waals surface area (Å²) < 4.78 is 0. The number of aryl methyl sites for hydroxylation is 1. The van der Waals surface area contributed by atoms with Crippen molar-refractivity contribution in [2.45, 2.75) is 26.4 Å². The summed E-state index contributed by atoms with van der Waals surface area (Å²) in [6, 6.07) is 0. The minimum absolute atomic E-state index is 0.0446. The largest absolute Gasteiger partial charge is 0.389 e. The predicted octanol–water partition coefficient (Wildman–Crippen LogP) is 1.25. The molecule has 0 spiro atoms. The van der Waals surface area contributed by atoms with Gasteiger partial charge in [-0.3, -0.25) is 0 Å². The lowest BCUT2D eigenvalue weighted by atomic mass is 10.1. The molecule has 0 bridgehead atoms. The third kappa shape index (κ3) is 1.70. The molecule has 1 atom stereocenters. The number of carbonyl (C=O) groups excluding carboxylic acids is 1. The Morgan fingerprint density at radius 3 is 2.83 bits per heavy atom. The molecule has 0 radical (unpaired) electrons. The Balaban J connectivity index is 2.98. The summed E-state index contributed by atoms with van der Waals surface area (Å²) in [5, 5.41) is 9.47. The number of carbonyl (C=O) groups is 1. The number of nitrogens with zero attached hydrogens (tertiary/aromatic N) is 1. The van der Waals surface area contributed by atoms with E-state index in [9.17, 15) is 4.79 Å². The number of aromatic nitrogens is 1. The van der Waals surface area contributed by atoms with Crippen molar-refractivity contribution in [3.63, 3.8) is 0 Å². The first kappa shape index (κ1) is 9.35. The first-order valence-electron chi connectivity index (χ1n) is 3.71. The van der Waals surface area contributed by atoms with Crippen LogP contribution in [0.2, 0.25) is 0 Å². The van der Waals surface area contributed by atoms with Crippen molar-refractivity contribution in [3.8, 4) is 0 Å². The molecule has 1 aromatic heterocycles. The normalized spacial score (nSPS) is 12.9. The number of hydrogen-bond donors (Lipinski definition) is 1. The molecule has 1 N–H and O–H groups in total. The van der Waals surface area contributed by atoms with Crippen LogP contribution in [0, 0.1) is 6.92 Å². The maximum atomic E-state index is 10.5. The smallest absolute Gasteiger partial charge is 0.128 e. The highest BCUT2D eigenvalue weighted by Gasteiger charge is 2.12. The Hall–Kier alpha value is -0.740. The van der Waals surface area contributed by atoms with Gasteiger partial charge in [-0.1, -0.05) is 6.92 Å². The second-order valence-electron chi connectivity index (χ2n) is 2.64. The van der Waals surface area contributed by atoms with Crippen molar-refractivity contribution in [2.24, 2.45) is 0 Å². The highest BCUT2D eigenvalue weighted by molar-refractivity contribution is 7.11. The summed E-state index contributed by atoms with van der Waals surface area (Å²) in [6.07, 6.45) is 0.891. The van der Waals surface area contributed by atoms with Crippen molar-refractivity contribution >= 4 is 17.6 Å². The third-order valence-electron chi connectivity index (χ3n) is 1.63. The topological polar surface area (TPSA) is 50.2 Å². The Kier molecular flexibility index (Phi) is 2.94. The lowest BCUT2D eigenvalue weighted by molar-refractivity contribution is -0.108. The SMILES string of the molecule is Cc1nc(CO)sc1C(C)C=O. The Labute approximate surface area is 75.1 Å². The molecule has 1 rings (SSSR count). The molecule has 4 heteroatoms. The molecule has 0 amide bonds. The van der Waals surface area contributed by atoms with E-state index in [1.807, 2.05) is 13.8 Å². The van der Waals surface area contributed by atoms with Crippen LogP contribution in [-0.4, -0.2) is 16.4 Å². The van der Waals surface area contributed by atoms with Crippen molar-refractivity contribution in [1.82, 2.24) is 4.98 Å². The van der Waals surface area contributed by atoms with Crippen LogP contribution in [0.15, 0.2) is 0 Å². The van der Waals surface area contributed by atoms with E-state index in [0.717, 1.165) is 16.9 Å². The minimum atomic E-state index is -0.109. The molecular formula is C8H11NO2S. The van der Waals surface area contributed by atoms with Crippen LogP contribution in [0.25, 0.3) is 0 Å². The summed E-state index contributed by atoms with van der Waals surface area (Å²) in [5.41, 5.74) is 0.851. The average Bonchev–Trinajstić information content (AvgIpc) is 2.45. The summed E-state index contributed by atoms with van der Waals surface area (Å²) in [5.74, 6) is -0.109. The van der Waals surface area contributed by atoms with E-state index in [2.05, 4.69) is 4.98 Å². The van der Waals surface area contributed by atoms with Gasteiger partial charge in [0.1, 0.15) is 11.3 Å². The molecule has 0 fully saturated rings. The van der Waals surface area contributed by atoms with E-state index in [4.69, 9.17) is 5.11 Å². The van der Waals surface area contributed by atoms with Gasteiger partial charge in [0.05, 0.1) is 12.3 Å². The molecule has 0 aromatic carbocycles. The van der Waals surface area contributed by atoms with Gasteiger partial charge < -0.3 is 9.90 Å². The van der Waals surface area contributed by atoms with E-state index in [-0.39, 0.29) is 12.5 Å². The summed E-state index contributed by atoms with van der Waals surface area (Å²) in [6.45, 7) is 3.64. The molecule has 0 saturated carbocycles. The molecule has 3 nitrogen and oxygen atoms in total. The lowest BCUT2D eigenvalue weighted by Crippen LogP contribution is -1.92. The zero-order chi connectivity index (χ0) is 9.14. The predicted molar refractivity (Wildman–Crippen MR) is 47.3 cm³/mol. The summed E-state index contributed by atoms with van der Waals surface area (Å²) >= 11 is 1.40. The zero-order valence-electron chi connectivity index (χ0n) is 7.07. The highest BCUT2D eigenvalue weighted by Crippen LogP contribution is 2.24. The van der Waals surface area contributed by atoms with Crippen LogP contribution >= 0.6 is 11.3 Å². The highest BCUT2D eigenvalue weighted by atomic mass is 32.1. The van der Waals surface area contributed by atoms with Gasteiger partial charge in [0.15, 0.2) is 0 Å². The van der Waals surface area contributed by atoms with Crippen molar-refractivity contribution in [3.05, 3.63) is 15.6 Å². The number of aliphatic hydroxyl groups excluding tert-OH is 1. The van der Waals surface area contributed by atoms with E-state index >= 15 is 0 Å². The zero-order valence-corrected chi connectivity index (χ0v) is 7.89. The average molecular weight is 185 g/mol. The monoisotopic (exact) mass is 185 g/mol. The molecule has 1 unspecified atom stereocenters. The van der Waals surface area contributed by atoms with E-state index in [1.54, 1.807) is 0 Å². The first-order chi connectivity index (χ1) is 5.69. The van der Waals surface area contributed by atoms with Crippen molar-refractivity contribution in [2.75, 3.05) is 0 Å². The Morgan fingerprint density at radius 1 is 1.75 bits per heavy atom. The number of aldehydes is 1. The third-order valence-corrected chi connectivity index (χ3v) is 2.97. The van der Waals surface area contributed by atoms with Crippen molar-refractivity contribution < 1.29 is 9.90 Å². The molecule has 1 heterocycles. The first-order valence-corrected chi connectivity index (χ1v) is 4.53. The van der Waals surface area contributed by atoms with Crippen LogP contribution < -0.4 is 0 Å². The lowest BCUT2D eigenvalue weighted by Gasteiger charge is -1.97. The Morgan fingerprint density at radius 2 is 2.42 bits per heavy atom. The molecule has 12 heavy (non-hydrogen) atoms. The van der Waals surface area contributed by atoms with Gasteiger partial charge in [-0.05, 0) is 6.92 Å². The van der Waals surface area contributed by atoms with Gasteiger partial charge in [-0.25, -0.2) is 4.98 Å². The summed E-state index contributed by atoms with van der Waals surface area (Å²) in [7, 11) is 0. The second kappa shape index (κ2) is 3.78. The number of aliphatic hydroxyl groups is 1. The van der Waals surface area contributed by atoms with Gasteiger partial charge in [0.2, 0.25) is 0 Å². The Bertz CT molecular complexity index is 283. The quantitative estimate of drug-likeness (QED) is 0.721. The fourth-order valence-electron chi connectivity index (χ4n) is 1.02. The number of rotatable bonds is 3. The molecule has 0 saturated heterocycles. The van der Waals surface area contributed by atoms with Crippen molar-refractivity contribution in [1.29, 1.82) is 0 Å². The van der Waals surface area contributed by atoms with E-state index in [1.165, 1.54) is 11.3 Å². The maximum absolute atomic E-state index is 10.5. The maximum Gasteiger partial charge on any atom is 0.128 e. The van der Waals surface area contributed by atoms with E-state index in [0.29, 0.717) is 5.01 Å². The van der Waals surface area contributed by atoms with Crippen LogP contribution in [-0.2, 0) is 11.4 Å². The fraction of sp³-hybridized carbons (Fsp3) is 0.500. The van der Waals surface area contributed by atoms with Gasteiger partial charge >= 0.3 is 0 Å². The number of thiazole rings is 1. The molecule has 0 aliphatic heterocycles. The molecule has 0 aliphatic carbocycles. The van der Waals surface area contributed by atoms with Gasteiger partial charge in [-0.2, -0.15) is 0 Å². The van der Waals surface area contributed by atoms with E-state index < -0.39 is 0 Å². The van der Waals surface area contributed by atoms with Crippen LogP contribution in [0.5, 0.6) is 0 Å². The standard InChI is InChI=1S/C8H11NO2S/c1-5(3-10)8-6(2)9-7(4-11)12-8/h3,5,11H,4H2,1-2H3. The number of hydrogen-bond acceptors (Lipinski definition) is 4. The molecule has 66 valence electrons.